The van der Waals surface area contributed by atoms with Gasteiger partial charge in [0.15, 0.2) is 11.4 Å². The number of nitrogens with zero attached hydrogens (tertiary/aromatic N) is 3. The highest BCUT2D eigenvalue weighted by Crippen LogP contribution is 2.32. The molecule has 0 saturated heterocycles. The average Bonchev–Trinajstić information content (AvgIpc) is 3.35. The molecule has 1 unspecified atom stereocenters. The number of furan rings is 1. The van der Waals surface area contributed by atoms with E-state index in [0.717, 1.165) is 12.1 Å². The van der Waals surface area contributed by atoms with Gasteiger partial charge in [0.2, 0.25) is 5.91 Å². The third-order valence-electron chi connectivity index (χ3n) is 3.96. The Hall–Kier alpha value is -3.70. The standard InChI is InChI=1S/C18H15F4N5O3/c1-10(16(28)23-9-13-6-3-7-30-13)24-17(29)14-15(18(20,21)22)27(26-25-14)12-5-2-4-11(19)8-12/h2-8,10H,9H2,1H3,(H,23,28)(H,24,29). The first-order valence-corrected chi connectivity index (χ1v) is 8.56. The number of alkyl halides is 3. The predicted octanol–water partition coefficient (Wildman–Crippen LogP) is 2.45. The Balaban J connectivity index is 1.79. The van der Waals surface area contributed by atoms with Crippen molar-refractivity contribution in [1.29, 1.82) is 0 Å². The lowest BCUT2D eigenvalue weighted by atomic mass is 10.2. The molecule has 0 saturated carbocycles. The highest BCUT2D eigenvalue weighted by molar-refractivity contribution is 5.96. The molecule has 0 aliphatic carbocycles. The number of halogens is 4. The Labute approximate surface area is 166 Å². The van der Waals surface area contributed by atoms with Crippen molar-refractivity contribution in [2.45, 2.75) is 25.7 Å². The molecule has 0 radical (unpaired) electrons. The maximum atomic E-state index is 13.6. The quantitative estimate of drug-likeness (QED) is 0.591. The van der Waals surface area contributed by atoms with Gasteiger partial charge in [-0.1, -0.05) is 11.3 Å². The molecule has 8 nitrogen and oxygen atoms in total. The second-order valence-electron chi connectivity index (χ2n) is 6.17. The van der Waals surface area contributed by atoms with E-state index in [1.807, 2.05) is 0 Å². The van der Waals surface area contributed by atoms with Gasteiger partial charge in [0.05, 0.1) is 18.5 Å². The SMILES string of the molecule is CC(NC(=O)c1nnn(-c2cccc(F)c2)c1C(F)(F)F)C(=O)NCc1ccco1. The summed E-state index contributed by atoms with van der Waals surface area (Å²) in [6, 6.07) is 6.29. The third kappa shape index (κ3) is 4.64. The number of carbonyl (C=O) groups excluding carboxylic acids is 2. The Bertz CT molecular complexity index is 1050. The minimum atomic E-state index is -5.02. The van der Waals surface area contributed by atoms with Crippen LogP contribution >= 0.6 is 0 Å². The van der Waals surface area contributed by atoms with Crippen LogP contribution in [0, 0.1) is 5.82 Å². The van der Waals surface area contributed by atoms with E-state index in [1.54, 1.807) is 12.1 Å². The summed E-state index contributed by atoms with van der Waals surface area (Å²) in [5, 5.41) is 11.3. The summed E-state index contributed by atoms with van der Waals surface area (Å²) in [6.45, 7) is 1.33. The van der Waals surface area contributed by atoms with Crippen LogP contribution in [0.25, 0.3) is 5.69 Å². The van der Waals surface area contributed by atoms with Crippen LogP contribution in [-0.4, -0.2) is 32.9 Å². The first-order chi connectivity index (χ1) is 14.2. The van der Waals surface area contributed by atoms with Gasteiger partial charge in [-0.2, -0.15) is 13.2 Å². The van der Waals surface area contributed by atoms with E-state index in [4.69, 9.17) is 4.42 Å². The van der Waals surface area contributed by atoms with Crippen molar-refractivity contribution in [1.82, 2.24) is 25.6 Å². The van der Waals surface area contributed by atoms with E-state index >= 15 is 0 Å². The number of nitrogens with one attached hydrogen (secondary N) is 2. The summed E-state index contributed by atoms with van der Waals surface area (Å²) < 4.78 is 59.6. The Morgan fingerprint density at radius 2 is 2.00 bits per heavy atom. The lowest BCUT2D eigenvalue weighted by molar-refractivity contribution is -0.143. The largest absolute Gasteiger partial charge is 0.467 e. The maximum Gasteiger partial charge on any atom is 0.435 e. The monoisotopic (exact) mass is 425 g/mol. The van der Waals surface area contributed by atoms with Crippen molar-refractivity contribution >= 4 is 11.8 Å². The van der Waals surface area contributed by atoms with E-state index in [0.29, 0.717) is 10.4 Å². The molecule has 3 rings (SSSR count). The molecule has 30 heavy (non-hydrogen) atoms. The van der Waals surface area contributed by atoms with Gasteiger partial charge in [-0.3, -0.25) is 9.59 Å². The Morgan fingerprint density at radius 1 is 1.23 bits per heavy atom. The van der Waals surface area contributed by atoms with Gasteiger partial charge < -0.3 is 15.1 Å². The molecule has 0 fully saturated rings. The lowest BCUT2D eigenvalue weighted by Crippen LogP contribution is -2.45. The van der Waals surface area contributed by atoms with Gasteiger partial charge in [-0.25, -0.2) is 9.07 Å². The zero-order valence-corrected chi connectivity index (χ0v) is 15.4. The summed E-state index contributed by atoms with van der Waals surface area (Å²) in [6.07, 6.45) is -3.61. The zero-order valence-electron chi connectivity index (χ0n) is 15.4. The number of hydrogen-bond donors (Lipinski definition) is 2. The first-order valence-electron chi connectivity index (χ1n) is 8.56. The predicted molar refractivity (Wildman–Crippen MR) is 93.8 cm³/mol. The van der Waals surface area contributed by atoms with Crippen molar-refractivity contribution in [2.75, 3.05) is 0 Å². The third-order valence-corrected chi connectivity index (χ3v) is 3.96. The summed E-state index contributed by atoms with van der Waals surface area (Å²) in [5.41, 5.74) is -2.80. The highest BCUT2D eigenvalue weighted by atomic mass is 19.4. The molecule has 158 valence electrons. The van der Waals surface area contributed by atoms with E-state index in [1.165, 1.54) is 25.3 Å². The fraction of sp³-hybridized carbons (Fsp3) is 0.222. The van der Waals surface area contributed by atoms with Crippen molar-refractivity contribution in [2.24, 2.45) is 0 Å². The molecule has 3 aromatic rings. The van der Waals surface area contributed by atoms with Gasteiger partial charge in [0.25, 0.3) is 5.91 Å². The number of amides is 2. The Morgan fingerprint density at radius 3 is 2.63 bits per heavy atom. The van der Waals surface area contributed by atoms with Crippen molar-refractivity contribution < 1.29 is 31.6 Å². The van der Waals surface area contributed by atoms with Crippen molar-refractivity contribution in [3.05, 3.63) is 65.6 Å². The van der Waals surface area contributed by atoms with E-state index < -0.39 is 41.2 Å². The fourth-order valence-electron chi connectivity index (χ4n) is 2.55. The maximum absolute atomic E-state index is 13.6. The van der Waals surface area contributed by atoms with E-state index in [-0.39, 0.29) is 12.2 Å². The molecule has 0 spiro atoms. The lowest BCUT2D eigenvalue weighted by Gasteiger charge is -2.14. The second kappa shape index (κ2) is 8.35. The van der Waals surface area contributed by atoms with Gasteiger partial charge in [0.1, 0.15) is 17.6 Å². The van der Waals surface area contributed by atoms with Gasteiger partial charge >= 0.3 is 6.18 Å². The number of rotatable bonds is 6. The van der Waals surface area contributed by atoms with Gasteiger partial charge in [-0.15, -0.1) is 5.10 Å². The van der Waals surface area contributed by atoms with Crippen LogP contribution in [0.1, 0.15) is 28.9 Å². The summed E-state index contributed by atoms with van der Waals surface area (Å²) in [7, 11) is 0. The minimum Gasteiger partial charge on any atom is -0.467 e. The fourth-order valence-corrected chi connectivity index (χ4v) is 2.55. The molecule has 2 heterocycles. The highest BCUT2D eigenvalue weighted by Gasteiger charge is 2.42. The average molecular weight is 425 g/mol. The molecular formula is C18H15F4N5O3. The van der Waals surface area contributed by atoms with Crippen LogP contribution in [0.5, 0.6) is 0 Å². The summed E-state index contributed by atoms with van der Waals surface area (Å²) >= 11 is 0. The molecule has 0 aliphatic rings. The zero-order chi connectivity index (χ0) is 21.9. The molecule has 1 aromatic carbocycles. The number of hydrogen-bond acceptors (Lipinski definition) is 5. The molecule has 2 amide bonds. The topological polar surface area (TPSA) is 102 Å². The Kier molecular flexibility index (Phi) is 5.85. The van der Waals surface area contributed by atoms with Crippen LogP contribution in [0.4, 0.5) is 17.6 Å². The van der Waals surface area contributed by atoms with Crippen LogP contribution in [0.3, 0.4) is 0 Å². The van der Waals surface area contributed by atoms with Crippen LogP contribution in [-0.2, 0) is 17.5 Å². The van der Waals surface area contributed by atoms with Crippen LogP contribution < -0.4 is 10.6 Å². The second-order valence-corrected chi connectivity index (χ2v) is 6.17. The molecule has 2 aromatic heterocycles. The first kappa shape index (κ1) is 21.0. The van der Waals surface area contributed by atoms with Crippen LogP contribution in [0.15, 0.2) is 47.1 Å². The van der Waals surface area contributed by atoms with Gasteiger partial charge in [-0.05, 0) is 37.3 Å². The normalized spacial score (nSPS) is 12.4. The van der Waals surface area contributed by atoms with Crippen molar-refractivity contribution in [3.63, 3.8) is 0 Å². The smallest absolute Gasteiger partial charge is 0.435 e. The summed E-state index contributed by atoms with van der Waals surface area (Å²) in [5.74, 6) is -2.24. The van der Waals surface area contributed by atoms with Crippen molar-refractivity contribution in [3.8, 4) is 5.69 Å². The molecule has 2 N–H and O–H groups in total. The molecule has 0 aliphatic heterocycles. The molecule has 1 atom stereocenters. The minimum absolute atomic E-state index is 0.0373. The summed E-state index contributed by atoms with van der Waals surface area (Å²) in [4.78, 5) is 24.5. The van der Waals surface area contributed by atoms with E-state index in [9.17, 15) is 27.2 Å². The van der Waals surface area contributed by atoms with Crippen LogP contribution in [0.2, 0.25) is 0 Å². The number of carbonyl (C=O) groups is 2. The molecule has 12 heteroatoms. The molecule has 0 bridgehead atoms. The van der Waals surface area contributed by atoms with Gasteiger partial charge in [0, 0.05) is 0 Å². The van der Waals surface area contributed by atoms with E-state index in [2.05, 4.69) is 20.9 Å². The number of aromatic nitrogens is 3. The molecular weight excluding hydrogens is 410 g/mol. The number of benzene rings is 1.